The minimum absolute atomic E-state index is 0.700. The number of nitrogens with one attached hydrogen (secondary N) is 1. The molecule has 27 heavy (non-hydrogen) atoms. The Balaban J connectivity index is 1.93. The van der Waals surface area contributed by atoms with Crippen LogP contribution in [0.2, 0.25) is 0 Å². The van der Waals surface area contributed by atoms with Crippen molar-refractivity contribution in [2.24, 2.45) is 0 Å². The molecule has 0 aliphatic rings. The summed E-state index contributed by atoms with van der Waals surface area (Å²) in [5.74, 6) is -9.95. The molecule has 0 amide bonds. The summed E-state index contributed by atoms with van der Waals surface area (Å²) in [6.45, 7) is 0. The fourth-order valence-corrected chi connectivity index (χ4v) is 2.42. The highest BCUT2D eigenvalue weighted by molar-refractivity contribution is 5.62. The predicted molar refractivity (Wildman–Crippen MR) is 93.4 cm³/mol. The molecule has 3 aromatic rings. The Morgan fingerprint density at radius 1 is 0.593 bits per heavy atom. The van der Waals surface area contributed by atoms with Gasteiger partial charge in [0.1, 0.15) is 0 Å². The average molecular weight is 376 g/mol. The third-order valence-electron chi connectivity index (χ3n) is 3.73. The molecule has 0 aliphatic heterocycles. The molecule has 0 aromatic heterocycles. The first-order valence-corrected chi connectivity index (χ1v) is 7.85. The molecule has 0 heterocycles. The molecule has 0 bridgehead atoms. The number of para-hydroxylation sites is 2. The van der Waals surface area contributed by atoms with Gasteiger partial charge in [-0.3, -0.25) is 5.01 Å². The van der Waals surface area contributed by atoms with Crippen LogP contribution >= 0.6 is 0 Å². The monoisotopic (exact) mass is 376 g/mol. The van der Waals surface area contributed by atoms with E-state index in [1.54, 1.807) is 53.5 Å². The number of hydrazine groups is 1. The molecular formula is C20H13F5N2. The largest absolute Gasteiger partial charge is 0.301 e. The van der Waals surface area contributed by atoms with Gasteiger partial charge in [-0.1, -0.05) is 36.4 Å². The molecule has 0 saturated carbocycles. The summed E-state index contributed by atoms with van der Waals surface area (Å²) in [7, 11) is 0. The van der Waals surface area contributed by atoms with E-state index in [0.29, 0.717) is 11.4 Å². The van der Waals surface area contributed by atoms with E-state index in [1.165, 1.54) is 0 Å². The molecule has 138 valence electrons. The molecular weight excluding hydrogens is 363 g/mol. The third-order valence-corrected chi connectivity index (χ3v) is 3.73. The minimum atomic E-state index is -2.19. The minimum Gasteiger partial charge on any atom is -0.301 e. The van der Waals surface area contributed by atoms with Gasteiger partial charge in [0, 0.05) is 6.20 Å². The molecule has 0 radical (unpaired) electrons. The average Bonchev–Trinajstić information content (AvgIpc) is 2.71. The molecule has 7 heteroatoms. The van der Waals surface area contributed by atoms with Crippen molar-refractivity contribution in [1.82, 2.24) is 5.43 Å². The standard InChI is InChI=1S/C20H13F5N2/c21-16-15(17(22)19(24)20(25)18(16)23)11-12-26-27(13-7-3-1-4-8-13)14-9-5-2-6-10-14/h1-12,26H/b12-11+. The number of halogens is 5. The van der Waals surface area contributed by atoms with Crippen molar-refractivity contribution >= 4 is 17.5 Å². The molecule has 0 saturated heterocycles. The Morgan fingerprint density at radius 3 is 1.44 bits per heavy atom. The molecule has 3 rings (SSSR count). The van der Waals surface area contributed by atoms with Crippen molar-refractivity contribution in [2.45, 2.75) is 0 Å². The Bertz CT molecular complexity index is 891. The summed E-state index contributed by atoms with van der Waals surface area (Å²) in [6.07, 6.45) is 1.88. The number of rotatable bonds is 5. The van der Waals surface area contributed by atoms with Gasteiger partial charge in [-0.05, 0) is 30.3 Å². The van der Waals surface area contributed by atoms with Crippen molar-refractivity contribution < 1.29 is 22.0 Å². The van der Waals surface area contributed by atoms with E-state index in [1.807, 2.05) is 12.1 Å². The van der Waals surface area contributed by atoms with Gasteiger partial charge in [0.2, 0.25) is 5.82 Å². The summed E-state index contributed by atoms with van der Waals surface area (Å²) in [6, 6.07) is 17.9. The highest BCUT2D eigenvalue weighted by atomic mass is 19.2. The van der Waals surface area contributed by atoms with Gasteiger partial charge in [-0.2, -0.15) is 0 Å². The predicted octanol–water partition coefficient (Wildman–Crippen LogP) is 5.70. The van der Waals surface area contributed by atoms with Crippen LogP contribution in [0.15, 0.2) is 66.9 Å². The van der Waals surface area contributed by atoms with Crippen LogP contribution in [0.25, 0.3) is 6.08 Å². The van der Waals surface area contributed by atoms with Crippen molar-refractivity contribution in [3.63, 3.8) is 0 Å². The number of nitrogens with zero attached hydrogens (tertiary/aromatic N) is 1. The number of hydrogen-bond donors (Lipinski definition) is 1. The van der Waals surface area contributed by atoms with Crippen LogP contribution in [0.5, 0.6) is 0 Å². The van der Waals surface area contributed by atoms with Crippen molar-refractivity contribution in [3.05, 3.63) is 102 Å². The third kappa shape index (κ3) is 3.76. The van der Waals surface area contributed by atoms with Gasteiger partial charge >= 0.3 is 0 Å². The second-order valence-electron chi connectivity index (χ2n) is 5.45. The van der Waals surface area contributed by atoms with Crippen LogP contribution in [-0.4, -0.2) is 0 Å². The van der Waals surface area contributed by atoms with Crippen molar-refractivity contribution in [1.29, 1.82) is 0 Å². The molecule has 0 aliphatic carbocycles. The molecule has 0 atom stereocenters. The smallest absolute Gasteiger partial charge is 0.200 e. The quantitative estimate of drug-likeness (QED) is 0.266. The number of anilines is 2. The summed E-state index contributed by atoms with van der Waals surface area (Å²) in [5, 5.41) is 1.59. The van der Waals surface area contributed by atoms with E-state index in [4.69, 9.17) is 0 Å². The Labute approximate surface area is 152 Å². The zero-order chi connectivity index (χ0) is 19.4. The normalized spacial score (nSPS) is 11.0. The van der Waals surface area contributed by atoms with E-state index in [-0.39, 0.29) is 0 Å². The van der Waals surface area contributed by atoms with Crippen molar-refractivity contribution in [2.75, 3.05) is 5.01 Å². The lowest BCUT2D eigenvalue weighted by Crippen LogP contribution is -2.29. The Hall–Kier alpha value is -3.35. The van der Waals surface area contributed by atoms with Crippen LogP contribution in [-0.2, 0) is 0 Å². The van der Waals surface area contributed by atoms with Crippen molar-refractivity contribution in [3.8, 4) is 0 Å². The number of hydrogen-bond acceptors (Lipinski definition) is 2. The van der Waals surface area contributed by atoms with E-state index in [2.05, 4.69) is 5.43 Å². The maximum Gasteiger partial charge on any atom is 0.200 e. The van der Waals surface area contributed by atoms with Gasteiger partial charge in [0.25, 0.3) is 0 Å². The van der Waals surface area contributed by atoms with Gasteiger partial charge in [0.05, 0.1) is 16.9 Å². The lowest BCUT2D eigenvalue weighted by Gasteiger charge is -2.24. The summed E-state index contributed by atoms with van der Waals surface area (Å²) < 4.78 is 67.2. The Kier molecular flexibility index (Phi) is 5.40. The fraction of sp³-hybridized carbons (Fsp3) is 0. The van der Waals surface area contributed by atoms with Crippen LogP contribution in [0.1, 0.15) is 5.56 Å². The summed E-state index contributed by atoms with van der Waals surface area (Å²) in [5.41, 5.74) is 3.16. The van der Waals surface area contributed by atoms with E-state index in [9.17, 15) is 22.0 Å². The zero-order valence-corrected chi connectivity index (χ0v) is 13.8. The topological polar surface area (TPSA) is 15.3 Å². The van der Waals surface area contributed by atoms with Crippen LogP contribution in [0.4, 0.5) is 33.3 Å². The van der Waals surface area contributed by atoms with Gasteiger partial charge < -0.3 is 5.43 Å². The maximum absolute atomic E-state index is 13.8. The lowest BCUT2D eigenvalue weighted by molar-refractivity contribution is 0.377. The fourth-order valence-electron chi connectivity index (χ4n) is 2.42. The van der Waals surface area contributed by atoms with Gasteiger partial charge in [-0.15, -0.1) is 0 Å². The number of benzene rings is 3. The summed E-state index contributed by atoms with van der Waals surface area (Å²) >= 11 is 0. The highest BCUT2D eigenvalue weighted by Crippen LogP contribution is 2.25. The molecule has 3 aromatic carbocycles. The van der Waals surface area contributed by atoms with Crippen LogP contribution in [0, 0.1) is 29.1 Å². The van der Waals surface area contributed by atoms with Crippen LogP contribution < -0.4 is 10.4 Å². The van der Waals surface area contributed by atoms with Crippen LogP contribution in [0.3, 0.4) is 0 Å². The highest BCUT2D eigenvalue weighted by Gasteiger charge is 2.24. The maximum atomic E-state index is 13.8. The molecule has 0 spiro atoms. The molecule has 0 unspecified atom stereocenters. The van der Waals surface area contributed by atoms with Gasteiger partial charge in [0.15, 0.2) is 23.3 Å². The first-order chi connectivity index (χ1) is 13.0. The lowest BCUT2D eigenvalue weighted by atomic mass is 10.1. The zero-order valence-electron chi connectivity index (χ0n) is 13.8. The van der Waals surface area contributed by atoms with E-state index < -0.39 is 34.6 Å². The Morgan fingerprint density at radius 2 is 1.00 bits per heavy atom. The van der Waals surface area contributed by atoms with E-state index in [0.717, 1.165) is 12.3 Å². The first kappa shape index (κ1) is 18.4. The molecule has 2 nitrogen and oxygen atoms in total. The summed E-state index contributed by atoms with van der Waals surface area (Å²) in [4.78, 5) is 0. The first-order valence-electron chi connectivity index (χ1n) is 7.85. The molecule has 0 fully saturated rings. The molecule has 1 N–H and O–H groups in total. The second-order valence-corrected chi connectivity index (χ2v) is 5.45. The SMILES string of the molecule is Fc1c(F)c(F)c(/C=C/NN(c2ccccc2)c2ccccc2)c(F)c1F. The second kappa shape index (κ2) is 7.90. The van der Waals surface area contributed by atoms with Gasteiger partial charge in [-0.25, -0.2) is 22.0 Å². The van der Waals surface area contributed by atoms with E-state index >= 15 is 0 Å².